The highest BCUT2D eigenvalue weighted by atomic mass is 19.4. The van der Waals surface area contributed by atoms with Gasteiger partial charge in [0.1, 0.15) is 0 Å². The third-order valence-corrected chi connectivity index (χ3v) is 1.95. The molecule has 0 unspecified atom stereocenters. The van der Waals surface area contributed by atoms with Crippen LogP contribution in [0.15, 0.2) is 12.3 Å². The minimum Gasteiger partial charge on any atom is -0.353 e. The molecule has 0 radical (unpaired) electrons. The van der Waals surface area contributed by atoms with Gasteiger partial charge in [-0.05, 0) is 13.0 Å². The summed E-state index contributed by atoms with van der Waals surface area (Å²) in [5.74, 6) is -0.343. The molecule has 14 heavy (non-hydrogen) atoms. The number of aromatic nitrogens is 1. The van der Waals surface area contributed by atoms with E-state index in [0.29, 0.717) is 0 Å². The topological polar surface area (TPSA) is 22.0 Å². The maximum Gasteiger partial charge on any atom is 0.394 e. The maximum atomic E-state index is 12.1. The van der Waals surface area contributed by atoms with Gasteiger partial charge in [0.15, 0.2) is 5.78 Å². The highest BCUT2D eigenvalue weighted by Crippen LogP contribution is 2.23. The lowest BCUT2D eigenvalue weighted by Crippen LogP contribution is -2.16. The lowest BCUT2D eigenvalue weighted by Gasteiger charge is -2.09. The van der Waals surface area contributed by atoms with Gasteiger partial charge in [-0.2, -0.15) is 13.2 Å². The van der Waals surface area contributed by atoms with Crippen molar-refractivity contribution in [3.8, 4) is 0 Å². The second-order valence-electron chi connectivity index (χ2n) is 3.14. The van der Waals surface area contributed by atoms with Gasteiger partial charge in [0.2, 0.25) is 0 Å². The van der Waals surface area contributed by atoms with Crippen molar-refractivity contribution in [3.63, 3.8) is 0 Å². The molecule has 1 heterocycles. The number of hydrogen-bond donors (Lipinski definition) is 0. The van der Waals surface area contributed by atoms with Crippen LogP contribution in [0.4, 0.5) is 13.2 Å². The average molecular weight is 205 g/mol. The Bertz CT molecular complexity index is 351. The first-order chi connectivity index (χ1) is 6.31. The normalized spacial score (nSPS) is 11.8. The minimum absolute atomic E-state index is 0.0185. The van der Waals surface area contributed by atoms with E-state index in [2.05, 4.69) is 0 Å². The Kier molecular flexibility index (Phi) is 2.69. The van der Waals surface area contributed by atoms with Gasteiger partial charge in [0.25, 0.3) is 0 Å². The van der Waals surface area contributed by atoms with Crippen LogP contribution >= 0.6 is 0 Å². The Labute approximate surface area is 79.3 Å². The van der Waals surface area contributed by atoms with E-state index in [9.17, 15) is 18.0 Å². The average Bonchev–Trinajstić information content (AvgIpc) is 2.29. The van der Waals surface area contributed by atoms with E-state index in [1.807, 2.05) is 0 Å². The van der Waals surface area contributed by atoms with Crippen molar-refractivity contribution < 1.29 is 18.0 Å². The number of carbonyl (C=O) groups excluding carboxylic acids is 1. The molecule has 1 aromatic heterocycles. The molecular formula is C9H10F3NO. The summed E-state index contributed by atoms with van der Waals surface area (Å²) in [5, 5.41) is 0. The van der Waals surface area contributed by atoms with Gasteiger partial charge in [-0.15, -0.1) is 0 Å². The molecule has 0 saturated carbocycles. The van der Waals surface area contributed by atoms with E-state index in [0.717, 1.165) is 0 Å². The smallest absolute Gasteiger partial charge is 0.353 e. The molecular weight excluding hydrogens is 195 g/mol. The van der Waals surface area contributed by atoms with Crippen molar-refractivity contribution in [2.75, 3.05) is 0 Å². The Morgan fingerprint density at radius 1 is 1.50 bits per heavy atom. The number of Topliss-reactive ketones (excluding diaryl/α,β-unsaturated/α-hetero) is 1. The number of halogens is 3. The Morgan fingerprint density at radius 3 is 2.50 bits per heavy atom. The fraction of sp³-hybridized carbons (Fsp3) is 0.444. The Hall–Kier alpha value is -1.26. The lowest BCUT2D eigenvalue weighted by molar-refractivity contribution is -0.128. The molecule has 2 nitrogen and oxygen atoms in total. The van der Waals surface area contributed by atoms with Crippen molar-refractivity contribution in [1.29, 1.82) is 0 Å². The zero-order valence-electron chi connectivity index (χ0n) is 7.85. The van der Waals surface area contributed by atoms with Crippen molar-refractivity contribution in [2.45, 2.75) is 19.5 Å². The van der Waals surface area contributed by atoms with Crippen molar-refractivity contribution in [3.05, 3.63) is 23.5 Å². The summed E-state index contributed by atoms with van der Waals surface area (Å²) in [6.07, 6.45) is -3.89. The van der Waals surface area contributed by atoms with E-state index in [4.69, 9.17) is 0 Å². The van der Waals surface area contributed by atoms with Crippen LogP contribution in [0.2, 0.25) is 0 Å². The molecule has 0 aromatic carbocycles. The van der Waals surface area contributed by atoms with Crippen LogP contribution < -0.4 is 0 Å². The second-order valence-corrected chi connectivity index (χ2v) is 3.14. The van der Waals surface area contributed by atoms with Crippen LogP contribution in [-0.4, -0.2) is 16.5 Å². The first-order valence-electron chi connectivity index (χ1n) is 4.03. The fourth-order valence-electron chi connectivity index (χ4n) is 1.29. The van der Waals surface area contributed by atoms with Crippen molar-refractivity contribution >= 4 is 5.78 Å². The molecule has 0 aliphatic carbocycles. The zero-order chi connectivity index (χ0) is 10.9. The summed E-state index contributed by atoms with van der Waals surface area (Å²) < 4.78 is 37.7. The van der Waals surface area contributed by atoms with Crippen LogP contribution in [0.3, 0.4) is 0 Å². The largest absolute Gasteiger partial charge is 0.394 e. The molecule has 1 rings (SSSR count). The van der Waals surface area contributed by atoms with Gasteiger partial charge in [-0.3, -0.25) is 4.79 Å². The van der Waals surface area contributed by atoms with Crippen LogP contribution in [0, 0.1) is 0 Å². The van der Waals surface area contributed by atoms with Crippen LogP contribution in [0.1, 0.15) is 23.0 Å². The van der Waals surface area contributed by atoms with Gasteiger partial charge in [0, 0.05) is 24.5 Å². The van der Waals surface area contributed by atoms with Gasteiger partial charge >= 0.3 is 6.18 Å². The quantitative estimate of drug-likeness (QED) is 0.679. The minimum atomic E-state index is -4.28. The summed E-state index contributed by atoms with van der Waals surface area (Å²) in [6.45, 7) is 1.26. The van der Waals surface area contributed by atoms with Crippen molar-refractivity contribution in [2.24, 2.45) is 7.05 Å². The fourth-order valence-corrected chi connectivity index (χ4v) is 1.29. The first-order valence-corrected chi connectivity index (χ1v) is 4.03. The summed E-state index contributed by atoms with van der Waals surface area (Å²) in [7, 11) is 1.49. The Morgan fingerprint density at radius 2 is 2.07 bits per heavy atom. The standard InChI is InChI=1S/C9H10F3NO/c1-6(14)7-3-4-13(2)8(7)5-9(10,11)12/h3-4H,5H2,1-2H3. The van der Waals surface area contributed by atoms with E-state index >= 15 is 0 Å². The number of hydrogen-bond acceptors (Lipinski definition) is 1. The number of rotatable bonds is 2. The predicted molar refractivity (Wildman–Crippen MR) is 45.2 cm³/mol. The molecule has 0 aliphatic rings. The third-order valence-electron chi connectivity index (χ3n) is 1.95. The molecule has 5 heteroatoms. The number of alkyl halides is 3. The molecule has 0 atom stereocenters. The van der Waals surface area contributed by atoms with E-state index in [1.165, 1.54) is 30.8 Å². The summed E-state index contributed by atoms with van der Waals surface area (Å²) in [5.41, 5.74) is 0.162. The highest BCUT2D eigenvalue weighted by molar-refractivity contribution is 5.95. The van der Waals surface area contributed by atoms with Gasteiger partial charge in [-0.1, -0.05) is 0 Å². The van der Waals surface area contributed by atoms with Crippen molar-refractivity contribution in [1.82, 2.24) is 4.57 Å². The number of ketones is 1. The molecule has 0 amide bonds. The molecule has 0 N–H and O–H groups in total. The third kappa shape index (κ3) is 2.37. The lowest BCUT2D eigenvalue weighted by atomic mass is 10.1. The van der Waals surface area contributed by atoms with Gasteiger partial charge in [0.05, 0.1) is 6.42 Å². The molecule has 0 saturated heterocycles. The second kappa shape index (κ2) is 3.48. The summed E-state index contributed by atoms with van der Waals surface area (Å²) in [6, 6.07) is 1.41. The van der Waals surface area contributed by atoms with Crippen LogP contribution in [-0.2, 0) is 13.5 Å². The summed E-state index contributed by atoms with van der Waals surface area (Å²) in [4.78, 5) is 11.0. The highest BCUT2D eigenvalue weighted by Gasteiger charge is 2.30. The number of aryl methyl sites for hydroxylation is 1. The van der Waals surface area contributed by atoms with E-state index in [1.54, 1.807) is 0 Å². The van der Waals surface area contributed by atoms with E-state index in [-0.39, 0.29) is 17.0 Å². The van der Waals surface area contributed by atoms with Gasteiger partial charge < -0.3 is 4.57 Å². The molecule has 0 aliphatic heterocycles. The monoisotopic (exact) mass is 205 g/mol. The first kappa shape index (κ1) is 10.8. The van der Waals surface area contributed by atoms with E-state index < -0.39 is 12.6 Å². The molecule has 0 fully saturated rings. The SMILES string of the molecule is CC(=O)c1ccn(C)c1CC(F)(F)F. The Balaban J connectivity index is 3.06. The maximum absolute atomic E-state index is 12.1. The molecule has 1 aromatic rings. The summed E-state index contributed by atoms with van der Waals surface area (Å²) >= 11 is 0. The molecule has 78 valence electrons. The van der Waals surface area contributed by atoms with Crippen LogP contribution in [0.5, 0.6) is 0 Å². The van der Waals surface area contributed by atoms with Gasteiger partial charge in [-0.25, -0.2) is 0 Å². The number of nitrogens with zero attached hydrogens (tertiary/aromatic N) is 1. The number of carbonyl (C=O) groups is 1. The zero-order valence-corrected chi connectivity index (χ0v) is 7.85. The molecule has 0 bridgehead atoms. The predicted octanol–water partition coefficient (Wildman–Crippen LogP) is 2.33. The molecule has 0 spiro atoms. The van der Waals surface area contributed by atoms with Crippen LogP contribution in [0.25, 0.3) is 0 Å².